The van der Waals surface area contributed by atoms with E-state index in [1.165, 1.54) is 72.0 Å². The van der Waals surface area contributed by atoms with Crippen molar-refractivity contribution in [2.24, 2.45) is 0 Å². The number of aromatic nitrogens is 1. The molecule has 1 nitrogen and oxygen atoms in total. The molecule has 0 saturated heterocycles. The van der Waals surface area contributed by atoms with Crippen LogP contribution in [0.15, 0.2) is 174 Å². The summed E-state index contributed by atoms with van der Waals surface area (Å²) in [7, 11) is 0. The first kappa shape index (κ1) is 26.2. The summed E-state index contributed by atoms with van der Waals surface area (Å²) in [6.45, 7) is 0. The molecule has 0 unspecified atom stereocenters. The van der Waals surface area contributed by atoms with Crippen LogP contribution >= 0.6 is 15.9 Å². The lowest BCUT2D eigenvalue weighted by Gasteiger charge is -2.34. The van der Waals surface area contributed by atoms with Crippen LogP contribution in [0.25, 0.3) is 49.7 Å². The molecule has 0 N–H and O–H groups in total. The van der Waals surface area contributed by atoms with Crippen molar-refractivity contribution in [1.82, 2.24) is 4.57 Å². The van der Waals surface area contributed by atoms with E-state index in [1.54, 1.807) is 0 Å². The number of hydrogen-bond acceptors (Lipinski definition) is 0. The Hall–Kier alpha value is -5.18. The van der Waals surface area contributed by atoms with E-state index in [0.717, 1.165) is 4.47 Å². The zero-order valence-corrected chi connectivity index (χ0v) is 26.1. The number of para-hydroxylation sites is 1. The predicted octanol–water partition coefficient (Wildman–Crippen LogP) is 11.6. The highest BCUT2D eigenvalue weighted by Gasteiger charge is 2.47. The molecular weight excluding hydrogens is 610 g/mol. The van der Waals surface area contributed by atoms with Gasteiger partial charge in [0.25, 0.3) is 0 Å². The van der Waals surface area contributed by atoms with E-state index in [1.807, 2.05) is 0 Å². The molecule has 0 bridgehead atoms. The van der Waals surface area contributed by atoms with Crippen LogP contribution in [0.1, 0.15) is 22.3 Å². The standard InChI is InChI=1S/C43H28BrN/c44-33-18-11-13-29(27-33)30-25-26-35-34-19-8-10-23-39(34)45(41(35)28-30)40-24-12-22-38-42(40)36-20-7-9-21-37(36)43(38,31-14-3-1-4-15-31)32-16-5-2-6-17-32/h1-28H. The number of fused-ring (bicyclic) bond motifs is 6. The van der Waals surface area contributed by atoms with Gasteiger partial charge in [-0.3, -0.25) is 0 Å². The first-order valence-electron chi connectivity index (χ1n) is 15.4. The van der Waals surface area contributed by atoms with Gasteiger partial charge in [-0.2, -0.15) is 0 Å². The van der Waals surface area contributed by atoms with Gasteiger partial charge in [-0.1, -0.05) is 155 Å². The quantitative estimate of drug-likeness (QED) is 0.181. The molecule has 9 rings (SSSR count). The molecular formula is C43H28BrN. The molecule has 1 aliphatic carbocycles. The third-order valence-corrected chi connectivity index (χ3v) is 10.0. The Kier molecular flexibility index (Phi) is 5.94. The van der Waals surface area contributed by atoms with E-state index in [4.69, 9.17) is 0 Å². The van der Waals surface area contributed by atoms with Crippen molar-refractivity contribution in [3.63, 3.8) is 0 Å². The van der Waals surface area contributed by atoms with Crippen molar-refractivity contribution in [1.29, 1.82) is 0 Å². The van der Waals surface area contributed by atoms with Crippen LogP contribution in [0.3, 0.4) is 0 Å². The fraction of sp³-hybridized carbons (Fsp3) is 0.0233. The number of benzene rings is 7. The minimum atomic E-state index is -0.440. The van der Waals surface area contributed by atoms with Crippen LogP contribution in [-0.4, -0.2) is 4.57 Å². The number of nitrogens with zero attached hydrogens (tertiary/aromatic N) is 1. The lowest BCUT2D eigenvalue weighted by molar-refractivity contribution is 0.768. The summed E-state index contributed by atoms with van der Waals surface area (Å²) in [4.78, 5) is 0. The van der Waals surface area contributed by atoms with Gasteiger partial charge in [-0.25, -0.2) is 0 Å². The summed E-state index contributed by atoms with van der Waals surface area (Å²) < 4.78 is 3.57. The summed E-state index contributed by atoms with van der Waals surface area (Å²) in [6, 6.07) is 62.2. The van der Waals surface area contributed by atoms with Gasteiger partial charge >= 0.3 is 0 Å². The number of rotatable bonds is 4. The maximum absolute atomic E-state index is 3.68. The fourth-order valence-electron chi connectivity index (χ4n) is 7.74. The zero-order chi connectivity index (χ0) is 30.0. The molecule has 0 spiro atoms. The van der Waals surface area contributed by atoms with Gasteiger partial charge in [0, 0.05) is 20.8 Å². The molecule has 0 aliphatic heterocycles. The Labute approximate surface area is 271 Å². The highest BCUT2D eigenvalue weighted by molar-refractivity contribution is 9.10. The molecule has 1 heterocycles. The third-order valence-electron chi connectivity index (χ3n) is 9.53. The second-order valence-corrected chi connectivity index (χ2v) is 12.7. The maximum atomic E-state index is 3.68. The average Bonchev–Trinajstić information content (AvgIpc) is 3.60. The average molecular weight is 639 g/mol. The first-order chi connectivity index (χ1) is 22.2. The minimum absolute atomic E-state index is 0.440. The van der Waals surface area contributed by atoms with Crippen molar-refractivity contribution >= 4 is 37.7 Å². The topological polar surface area (TPSA) is 4.93 Å². The molecule has 0 amide bonds. The third kappa shape index (κ3) is 3.79. The molecule has 0 saturated carbocycles. The largest absolute Gasteiger partial charge is 0.309 e. The van der Waals surface area contributed by atoms with Crippen LogP contribution in [0.2, 0.25) is 0 Å². The Morgan fingerprint density at radius 1 is 0.444 bits per heavy atom. The fourth-order valence-corrected chi connectivity index (χ4v) is 8.14. The van der Waals surface area contributed by atoms with Crippen LogP contribution in [0.4, 0.5) is 0 Å². The van der Waals surface area contributed by atoms with E-state index in [9.17, 15) is 0 Å². The summed E-state index contributed by atoms with van der Waals surface area (Å²) in [5.41, 5.74) is 13.3. The highest BCUT2D eigenvalue weighted by Crippen LogP contribution is 2.57. The van der Waals surface area contributed by atoms with Gasteiger partial charge in [0.15, 0.2) is 0 Å². The van der Waals surface area contributed by atoms with Gasteiger partial charge < -0.3 is 4.57 Å². The van der Waals surface area contributed by atoms with Crippen molar-refractivity contribution in [2.75, 3.05) is 0 Å². The van der Waals surface area contributed by atoms with E-state index in [2.05, 4.69) is 190 Å². The Balaban J connectivity index is 1.41. The van der Waals surface area contributed by atoms with Gasteiger partial charge in [0.1, 0.15) is 0 Å². The lowest BCUT2D eigenvalue weighted by atomic mass is 9.68. The Bertz CT molecular complexity index is 2340. The molecule has 2 heteroatoms. The SMILES string of the molecule is Brc1cccc(-c2ccc3c4ccccc4n(-c4cccc5c4-c4ccccc4C5(c4ccccc4)c4ccccc4)c3c2)c1. The number of hydrogen-bond donors (Lipinski definition) is 0. The Morgan fingerprint density at radius 3 is 1.84 bits per heavy atom. The molecule has 45 heavy (non-hydrogen) atoms. The number of halogens is 1. The molecule has 1 aromatic heterocycles. The van der Waals surface area contributed by atoms with Gasteiger partial charge in [-0.15, -0.1) is 0 Å². The van der Waals surface area contributed by atoms with Crippen molar-refractivity contribution in [3.05, 3.63) is 197 Å². The van der Waals surface area contributed by atoms with Crippen LogP contribution in [0.5, 0.6) is 0 Å². The monoisotopic (exact) mass is 637 g/mol. The normalized spacial score (nSPS) is 13.2. The second kappa shape index (κ2) is 10.2. The molecule has 0 fully saturated rings. The van der Waals surface area contributed by atoms with Crippen LogP contribution in [-0.2, 0) is 5.41 Å². The highest BCUT2D eigenvalue weighted by atomic mass is 79.9. The van der Waals surface area contributed by atoms with E-state index in [-0.39, 0.29) is 0 Å². The molecule has 212 valence electrons. The molecule has 0 atom stereocenters. The van der Waals surface area contributed by atoms with Crippen molar-refractivity contribution in [3.8, 4) is 27.9 Å². The predicted molar refractivity (Wildman–Crippen MR) is 191 cm³/mol. The lowest BCUT2D eigenvalue weighted by Crippen LogP contribution is -2.28. The van der Waals surface area contributed by atoms with E-state index >= 15 is 0 Å². The summed E-state index contributed by atoms with van der Waals surface area (Å²) in [5, 5.41) is 2.51. The van der Waals surface area contributed by atoms with Crippen molar-refractivity contribution < 1.29 is 0 Å². The smallest absolute Gasteiger partial charge is 0.0714 e. The first-order valence-corrected chi connectivity index (χ1v) is 16.2. The summed E-state index contributed by atoms with van der Waals surface area (Å²) in [6.07, 6.45) is 0. The minimum Gasteiger partial charge on any atom is -0.309 e. The second-order valence-electron chi connectivity index (χ2n) is 11.8. The van der Waals surface area contributed by atoms with Crippen LogP contribution in [0, 0.1) is 0 Å². The van der Waals surface area contributed by atoms with E-state index < -0.39 is 5.41 Å². The summed E-state index contributed by atoms with van der Waals surface area (Å²) >= 11 is 3.68. The molecule has 8 aromatic rings. The molecule has 1 aliphatic rings. The van der Waals surface area contributed by atoms with Gasteiger partial charge in [0.2, 0.25) is 0 Å². The molecule has 7 aromatic carbocycles. The maximum Gasteiger partial charge on any atom is 0.0714 e. The summed E-state index contributed by atoms with van der Waals surface area (Å²) in [5.74, 6) is 0. The van der Waals surface area contributed by atoms with Crippen molar-refractivity contribution in [2.45, 2.75) is 5.41 Å². The Morgan fingerprint density at radius 2 is 1.07 bits per heavy atom. The van der Waals surface area contributed by atoms with Gasteiger partial charge in [0.05, 0.1) is 22.1 Å². The van der Waals surface area contributed by atoms with Crippen LogP contribution < -0.4 is 0 Å². The zero-order valence-electron chi connectivity index (χ0n) is 24.5. The van der Waals surface area contributed by atoms with Gasteiger partial charge in [-0.05, 0) is 69.3 Å². The van der Waals surface area contributed by atoms with E-state index in [0.29, 0.717) is 0 Å². The molecule has 0 radical (unpaired) electrons.